The van der Waals surface area contributed by atoms with Gasteiger partial charge in [-0.1, -0.05) is 41.9 Å². The fourth-order valence-electron chi connectivity index (χ4n) is 3.08. The molecule has 1 aliphatic rings. The van der Waals surface area contributed by atoms with Gasteiger partial charge in [0, 0.05) is 22.7 Å². The summed E-state index contributed by atoms with van der Waals surface area (Å²) in [5, 5.41) is 5.68. The third-order valence-electron chi connectivity index (χ3n) is 4.49. The van der Waals surface area contributed by atoms with Crippen LogP contribution in [0.1, 0.15) is 31.2 Å². The molecule has 0 saturated carbocycles. The molecular weight excluding hydrogens is 367 g/mol. The van der Waals surface area contributed by atoms with E-state index in [-0.39, 0.29) is 16.6 Å². The molecule has 0 aromatic heterocycles. The number of nitrogens with one attached hydrogen (secondary N) is 2. The van der Waals surface area contributed by atoms with Crippen molar-refractivity contribution in [2.24, 2.45) is 0 Å². The molecule has 4 nitrogen and oxygen atoms in total. The predicted octanol–water partition coefficient (Wildman–Crippen LogP) is 4.60. The zero-order chi connectivity index (χ0) is 19.2. The van der Waals surface area contributed by atoms with Crippen molar-refractivity contribution in [2.45, 2.75) is 32.2 Å². The van der Waals surface area contributed by atoms with Crippen LogP contribution in [0.2, 0.25) is 5.02 Å². The van der Waals surface area contributed by atoms with Crippen LogP contribution in [0.4, 0.5) is 10.1 Å². The molecule has 2 amide bonds. The van der Waals surface area contributed by atoms with Crippen molar-refractivity contribution < 1.29 is 14.0 Å². The lowest BCUT2D eigenvalue weighted by molar-refractivity contribution is -0.119. The van der Waals surface area contributed by atoms with Crippen molar-refractivity contribution in [2.75, 3.05) is 5.32 Å². The van der Waals surface area contributed by atoms with Crippen LogP contribution < -0.4 is 10.6 Å². The van der Waals surface area contributed by atoms with Gasteiger partial charge < -0.3 is 10.6 Å². The van der Waals surface area contributed by atoms with Crippen molar-refractivity contribution in [1.82, 2.24) is 5.32 Å². The van der Waals surface area contributed by atoms with Crippen LogP contribution in [-0.4, -0.2) is 11.8 Å². The lowest BCUT2D eigenvalue weighted by Crippen LogP contribution is -2.29. The van der Waals surface area contributed by atoms with Gasteiger partial charge in [0.05, 0.1) is 5.69 Å². The summed E-state index contributed by atoms with van der Waals surface area (Å²) in [5.41, 5.74) is 1.92. The van der Waals surface area contributed by atoms with Gasteiger partial charge in [-0.2, -0.15) is 0 Å². The van der Waals surface area contributed by atoms with E-state index in [0.29, 0.717) is 30.5 Å². The lowest BCUT2D eigenvalue weighted by atomic mass is 9.90. The van der Waals surface area contributed by atoms with Gasteiger partial charge in [0.1, 0.15) is 5.82 Å². The van der Waals surface area contributed by atoms with Gasteiger partial charge in [-0.3, -0.25) is 9.59 Å². The summed E-state index contributed by atoms with van der Waals surface area (Å²) in [7, 11) is 0. The molecule has 0 fully saturated rings. The Balaban J connectivity index is 1.74. The molecule has 0 radical (unpaired) electrons. The maximum atomic E-state index is 13.9. The van der Waals surface area contributed by atoms with E-state index in [2.05, 4.69) is 10.6 Å². The Morgan fingerprint density at radius 1 is 0.963 bits per heavy atom. The van der Waals surface area contributed by atoms with Crippen molar-refractivity contribution >= 4 is 29.1 Å². The van der Waals surface area contributed by atoms with Gasteiger partial charge in [0.15, 0.2) is 0 Å². The van der Waals surface area contributed by atoms with E-state index in [9.17, 15) is 14.0 Å². The summed E-state index contributed by atoms with van der Waals surface area (Å²) in [5.74, 6) is -1.30. The maximum Gasteiger partial charge on any atom is 0.252 e. The molecule has 6 heteroatoms. The van der Waals surface area contributed by atoms with Crippen molar-refractivity contribution in [3.8, 4) is 0 Å². The highest BCUT2D eigenvalue weighted by Crippen LogP contribution is 2.27. The highest BCUT2D eigenvalue weighted by atomic mass is 35.5. The van der Waals surface area contributed by atoms with Crippen LogP contribution >= 0.6 is 11.6 Å². The normalized spacial score (nSPS) is 14.0. The summed E-state index contributed by atoms with van der Waals surface area (Å²) in [4.78, 5) is 25.3. The Labute approximate surface area is 162 Å². The molecule has 3 rings (SSSR count). The van der Waals surface area contributed by atoms with Gasteiger partial charge in [-0.05, 0) is 49.4 Å². The van der Waals surface area contributed by atoms with Gasteiger partial charge in [0.25, 0.3) is 5.91 Å². The molecule has 2 aromatic rings. The topological polar surface area (TPSA) is 58.2 Å². The third kappa shape index (κ3) is 4.95. The first kappa shape index (κ1) is 19.1. The van der Waals surface area contributed by atoms with E-state index >= 15 is 0 Å². The number of anilines is 1. The summed E-state index contributed by atoms with van der Waals surface area (Å²) in [6.45, 7) is 0.393. The van der Waals surface area contributed by atoms with Gasteiger partial charge in [-0.15, -0.1) is 0 Å². The molecule has 2 N–H and O–H groups in total. The van der Waals surface area contributed by atoms with Gasteiger partial charge in [0.2, 0.25) is 5.91 Å². The molecule has 1 aliphatic carbocycles. The molecule has 140 valence electrons. The summed E-state index contributed by atoms with van der Waals surface area (Å²) >= 11 is 5.74. The first-order valence-electron chi connectivity index (χ1n) is 8.85. The second-order valence-corrected chi connectivity index (χ2v) is 6.85. The number of rotatable bonds is 5. The van der Waals surface area contributed by atoms with E-state index < -0.39 is 11.7 Å². The average Bonchev–Trinajstić information content (AvgIpc) is 2.69. The van der Waals surface area contributed by atoms with Crippen LogP contribution in [0.15, 0.2) is 59.7 Å². The highest BCUT2D eigenvalue weighted by Gasteiger charge is 2.24. The van der Waals surface area contributed by atoms with E-state index in [0.717, 1.165) is 24.5 Å². The first-order valence-corrected chi connectivity index (χ1v) is 9.23. The molecule has 27 heavy (non-hydrogen) atoms. The molecular formula is C21H20ClFN2O2. The molecule has 2 aromatic carbocycles. The number of amides is 2. The standard InChI is InChI=1S/C21H20ClFN2O2/c22-15-10-11-19(18(23)12-15)25-21(27)17-9-5-4-8-16(17)20(26)24-13-14-6-2-1-3-7-14/h1-3,6-7,10-12H,4-5,8-9,13H2,(H,24,26)(H,25,27). The Bertz CT molecular complexity index is 881. The van der Waals surface area contributed by atoms with Crippen molar-refractivity contribution in [3.63, 3.8) is 0 Å². The quantitative estimate of drug-likeness (QED) is 0.788. The van der Waals surface area contributed by atoms with Crippen LogP contribution in [0.3, 0.4) is 0 Å². The van der Waals surface area contributed by atoms with E-state index in [1.54, 1.807) is 0 Å². The zero-order valence-electron chi connectivity index (χ0n) is 14.7. The summed E-state index contributed by atoms with van der Waals surface area (Å²) < 4.78 is 13.9. The Morgan fingerprint density at radius 3 is 2.30 bits per heavy atom. The molecule has 0 heterocycles. The number of carbonyl (C=O) groups excluding carboxylic acids is 2. The minimum absolute atomic E-state index is 0.0477. The fourth-order valence-corrected chi connectivity index (χ4v) is 3.24. The van der Waals surface area contributed by atoms with E-state index in [4.69, 9.17) is 11.6 Å². The molecule has 0 spiro atoms. The smallest absolute Gasteiger partial charge is 0.252 e. The van der Waals surface area contributed by atoms with Crippen LogP contribution in [0.5, 0.6) is 0 Å². The van der Waals surface area contributed by atoms with Gasteiger partial charge in [-0.25, -0.2) is 4.39 Å². The van der Waals surface area contributed by atoms with Crippen molar-refractivity contribution in [1.29, 1.82) is 0 Å². The average molecular weight is 387 g/mol. The van der Waals surface area contributed by atoms with E-state index in [1.165, 1.54) is 12.1 Å². The predicted molar refractivity (Wildman–Crippen MR) is 104 cm³/mol. The minimum Gasteiger partial charge on any atom is -0.348 e. The maximum absolute atomic E-state index is 13.9. The van der Waals surface area contributed by atoms with Crippen LogP contribution in [0, 0.1) is 5.82 Å². The summed E-state index contributed by atoms with van der Waals surface area (Å²) in [6, 6.07) is 13.6. The highest BCUT2D eigenvalue weighted by molar-refractivity contribution is 6.30. The largest absolute Gasteiger partial charge is 0.348 e. The molecule has 0 unspecified atom stereocenters. The number of hydrogen-bond donors (Lipinski definition) is 2. The third-order valence-corrected chi connectivity index (χ3v) is 4.73. The number of hydrogen-bond acceptors (Lipinski definition) is 2. The molecule has 0 saturated heterocycles. The lowest BCUT2D eigenvalue weighted by Gasteiger charge is -2.20. The Morgan fingerprint density at radius 2 is 1.63 bits per heavy atom. The Hall–Kier alpha value is -2.66. The zero-order valence-corrected chi connectivity index (χ0v) is 15.5. The second-order valence-electron chi connectivity index (χ2n) is 6.41. The Kier molecular flexibility index (Phi) is 6.24. The molecule has 0 aliphatic heterocycles. The second kappa shape index (κ2) is 8.82. The SMILES string of the molecule is O=C(NCc1ccccc1)C1=C(C(=O)Nc2ccc(Cl)cc2F)CCCC1. The monoisotopic (exact) mass is 386 g/mol. The van der Waals surface area contributed by atoms with Crippen LogP contribution in [-0.2, 0) is 16.1 Å². The molecule has 0 bridgehead atoms. The molecule has 0 atom stereocenters. The first-order chi connectivity index (χ1) is 13.0. The fraction of sp³-hybridized carbons (Fsp3) is 0.238. The number of carbonyl (C=O) groups is 2. The number of halogens is 2. The van der Waals surface area contributed by atoms with Crippen LogP contribution in [0.25, 0.3) is 0 Å². The minimum atomic E-state index is -0.609. The van der Waals surface area contributed by atoms with E-state index in [1.807, 2.05) is 30.3 Å². The van der Waals surface area contributed by atoms with Crippen molar-refractivity contribution in [3.05, 3.63) is 76.1 Å². The number of benzene rings is 2. The summed E-state index contributed by atoms with van der Waals surface area (Å²) in [6.07, 6.45) is 2.70. The van der Waals surface area contributed by atoms with Gasteiger partial charge >= 0.3 is 0 Å².